The molecule has 2 aromatic rings. The molecule has 0 bridgehead atoms. The smallest absolute Gasteiger partial charge is 0.191 e. The quantitative estimate of drug-likeness (QED) is 0.602. The van der Waals surface area contributed by atoms with E-state index in [4.69, 9.17) is 9.47 Å². The van der Waals surface area contributed by atoms with Gasteiger partial charge < -0.3 is 24.7 Å². The Morgan fingerprint density at radius 3 is 2.52 bits per heavy atom. The van der Waals surface area contributed by atoms with Gasteiger partial charge in [0.25, 0.3) is 0 Å². The van der Waals surface area contributed by atoms with E-state index >= 15 is 0 Å². The van der Waals surface area contributed by atoms with Crippen LogP contribution in [0.3, 0.4) is 0 Å². The molecule has 23 heavy (non-hydrogen) atoms. The van der Waals surface area contributed by atoms with Crippen LogP contribution in [0.2, 0.25) is 0 Å². The number of hydrogen-bond donors (Lipinski definition) is 2. The zero-order valence-electron chi connectivity index (χ0n) is 13.8. The average Bonchev–Trinajstić information content (AvgIpc) is 2.99. The zero-order valence-corrected chi connectivity index (χ0v) is 13.8. The van der Waals surface area contributed by atoms with Crippen molar-refractivity contribution < 1.29 is 9.47 Å². The minimum absolute atomic E-state index is 0.544. The van der Waals surface area contributed by atoms with Crippen LogP contribution in [0.5, 0.6) is 11.5 Å². The van der Waals surface area contributed by atoms with E-state index in [-0.39, 0.29) is 0 Å². The molecule has 0 spiro atoms. The van der Waals surface area contributed by atoms with Gasteiger partial charge in [0, 0.05) is 20.6 Å². The number of guanidine groups is 1. The number of rotatable bonds is 6. The van der Waals surface area contributed by atoms with Gasteiger partial charge in [0.05, 0.1) is 20.8 Å². The zero-order chi connectivity index (χ0) is 16.7. The lowest BCUT2D eigenvalue weighted by Gasteiger charge is -2.13. The lowest BCUT2D eigenvalue weighted by atomic mass is 10.2. The molecule has 0 unspecified atom stereocenters. The van der Waals surface area contributed by atoms with Gasteiger partial charge in [0.15, 0.2) is 23.3 Å². The molecule has 0 aliphatic carbocycles. The van der Waals surface area contributed by atoms with E-state index in [1.54, 1.807) is 27.6 Å². The molecule has 8 heteroatoms. The highest BCUT2D eigenvalue weighted by Crippen LogP contribution is 2.27. The first-order valence-electron chi connectivity index (χ1n) is 7.16. The number of methoxy groups -OCH3 is 2. The molecule has 0 aliphatic rings. The van der Waals surface area contributed by atoms with Crippen molar-refractivity contribution in [3.05, 3.63) is 35.9 Å². The molecule has 1 aromatic carbocycles. The van der Waals surface area contributed by atoms with Crippen molar-refractivity contribution in [2.24, 2.45) is 12.0 Å². The van der Waals surface area contributed by atoms with Crippen molar-refractivity contribution in [3.63, 3.8) is 0 Å². The van der Waals surface area contributed by atoms with Crippen LogP contribution in [0.15, 0.2) is 29.5 Å². The molecule has 8 nitrogen and oxygen atoms in total. The molecular weight excluding hydrogens is 296 g/mol. The highest BCUT2D eigenvalue weighted by molar-refractivity contribution is 5.79. The van der Waals surface area contributed by atoms with Crippen LogP contribution in [0, 0.1) is 0 Å². The van der Waals surface area contributed by atoms with Gasteiger partial charge in [0.1, 0.15) is 6.33 Å². The average molecular weight is 318 g/mol. The van der Waals surface area contributed by atoms with Crippen LogP contribution in [-0.2, 0) is 20.1 Å². The first kappa shape index (κ1) is 16.6. The number of benzene rings is 1. The van der Waals surface area contributed by atoms with Crippen LogP contribution in [0.25, 0.3) is 0 Å². The number of aromatic nitrogens is 3. The summed E-state index contributed by atoms with van der Waals surface area (Å²) in [6, 6.07) is 5.79. The van der Waals surface area contributed by atoms with Gasteiger partial charge in [-0.2, -0.15) is 0 Å². The molecule has 0 aliphatic heterocycles. The van der Waals surface area contributed by atoms with Crippen molar-refractivity contribution >= 4 is 5.96 Å². The maximum atomic E-state index is 5.30. The second-order valence-electron chi connectivity index (χ2n) is 4.83. The predicted octanol–water partition coefficient (Wildman–Crippen LogP) is 0.697. The van der Waals surface area contributed by atoms with Gasteiger partial charge in [-0.3, -0.25) is 4.99 Å². The summed E-state index contributed by atoms with van der Waals surface area (Å²) in [6.07, 6.45) is 1.66. The number of aliphatic imine (C=N–C) groups is 1. The van der Waals surface area contributed by atoms with E-state index in [1.165, 1.54) is 0 Å². The number of nitrogens with one attached hydrogen (secondary N) is 2. The monoisotopic (exact) mass is 318 g/mol. The predicted molar refractivity (Wildman–Crippen MR) is 87.6 cm³/mol. The topological polar surface area (TPSA) is 85.6 Å². The van der Waals surface area contributed by atoms with Gasteiger partial charge in [-0.25, -0.2) is 0 Å². The fraction of sp³-hybridized carbons (Fsp3) is 0.400. The highest BCUT2D eigenvalue weighted by atomic mass is 16.5. The summed E-state index contributed by atoms with van der Waals surface area (Å²) in [5, 5.41) is 14.3. The third-order valence-electron chi connectivity index (χ3n) is 3.35. The third kappa shape index (κ3) is 4.35. The Morgan fingerprint density at radius 2 is 1.91 bits per heavy atom. The molecule has 2 N–H and O–H groups in total. The van der Waals surface area contributed by atoms with Gasteiger partial charge in [-0.1, -0.05) is 6.07 Å². The van der Waals surface area contributed by atoms with Crippen LogP contribution >= 0.6 is 0 Å². The lowest BCUT2D eigenvalue weighted by Crippen LogP contribution is -2.36. The molecular formula is C15H22N6O2. The molecule has 0 atom stereocenters. The van der Waals surface area contributed by atoms with Crippen molar-refractivity contribution in [1.82, 2.24) is 25.4 Å². The SMILES string of the molecule is CN=C(NCc1ccc(OC)c(OC)c1)NCc1nncn1C. The summed E-state index contributed by atoms with van der Waals surface area (Å²) in [5.74, 6) is 2.93. The molecule has 0 radical (unpaired) electrons. The van der Waals surface area contributed by atoms with Crippen LogP contribution < -0.4 is 20.1 Å². The summed E-state index contributed by atoms with van der Waals surface area (Å²) in [6.45, 7) is 1.15. The summed E-state index contributed by atoms with van der Waals surface area (Å²) < 4.78 is 12.4. The second-order valence-corrected chi connectivity index (χ2v) is 4.83. The van der Waals surface area contributed by atoms with E-state index in [9.17, 15) is 0 Å². The summed E-state index contributed by atoms with van der Waals surface area (Å²) >= 11 is 0. The van der Waals surface area contributed by atoms with Gasteiger partial charge in [0.2, 0.25) is 0 Å². The largest absolute Gasteiger partial charge is 0.493 e. The van der Waals surface area contributed by atoms with Crippen LogP contribution in [-0.4, -0.2) is 42.0 Å². The second kappa shape index (κ2) is 8.02. The Kier molecular flexibility index (Phi) is 5.79. The van der Waals surface area contributed by atoms with E-state index in [0.29, 0.717) is 30.5 Å². The molecule has 1 aromatic heterocycles. The normalized spacial score (nSPS) is 11.2. The first-order valence-corrected chi connectivity index (χ1v) is 7.16. The molecule has 0 fully saturated rings. The molecule has 2 rings (SSSR count). The Balaban J connectivity index is 1.91. The Hall–Kier alpha value is -2.77. The lowest BCUT2D eigenvalue weighted by molar-refractivity contribution is 0.354. The molecule has 1 heterocycles. The summed E-state index contributed by atoms with van der Waals surface area (Å²) in [7, 11) is 6.86. The Labute approximate surface area is 135 Å². The van der Waals surface area contributed by atoms with Crippen LogP contribution in [0.4, 0.5) is 0 Å². The summed E-state index contributed by atoms with van der Waals surface area (Å²) in [5.41, 5.74) is 1.06. The minimum atomic E-state index is 0.544. The number of nitrogens with zero attached hydrogens (tertiary/aromatic N) is 4. The van der Waals surface area contributed by atoms with E-state index in [2.05, 4.69) is 25.8 Å². The third-order valence-corrected chi connectivity index (χ3v) is 3.35. The molecule has 0 amide bonds. The van der Waals surface area contributed by atoms with E-state index in [0.717, 1.165) is 11.4 Å². The van der Waals surface area contributed by atoms with Gasteiger partial charge in [-0.05, 0) is 17.7 Å². The fourth-order valence-electron chi connectivity index (χ4n) is 2.03. The Morgan fingerprint density at radius 1 is 1.17 bits per heavy atom. The number of hydrogen-bond acceptors (Lipinski definition) is 5. The fourth-order valence-corrected chi connectivity index (χ4v) is 2.03. The van der Waals surface area contributed by atoms with Crippen molar-refractivity contribution in [1.29, 1.82) is 0 Å². The van der Waals surface area contributed by atoms with Crippen molar-refractivity contribution in [3.8, 4) is 11.5 Å². The summed E-state index contributed by atoms with van der Waals surface area (Å²) in [4.78, 5) is 4.19. The minimum Gasteiger partial charge on any atom is -0.493 e. The maximum absolute atomic E-state index is 5.30. The number of aryl methyl sites for hydroxylation is 1. The van der Waals surface area contributed by atoms with Gasteiger partial charge in [-0.15, -0.1) is 10.2 Å². The van der Waals surface area contributed by atoms with Crippen molar-refractivity contribution in [2.75, 3.05) is 21.3 Å². The van der Waals surface area contributed by atoms with Crippen molar-refractivity contribution in [2.45, 2.75) is 13.1 Å². The first-order chi connectivity index (χ1) is 11.2. The Bertz CT molecular complexity index is 668. The molecule has 124 valence electrons. The van der Waals surface area contributed by atoms with E-state index in [1.807, 2.05) is 29.8 Å². The highest BCUT2D eigenvalue weighted by Gasteiger charge is 2.06. The van der Waals surface area contributed by atoms with Gasteiger partial charge >= 0.3 is 0 Å². The van der Waals surface area contributed by atoms with E-state index < -0.39 is 0 Å². The number of ether oxygens (including phenoxy) is 2. The molecule has 0 saturated heterocycles. The molecule has 0 saturated carbocycles. The van der Waals surface area contributed by atoms with Crippen LogP contribution in [0.1, 0.15) is 11.4 Å². The standard InChI is InChI=1S/C15H22N6O2/c1-16-15(18-9-14-20-19-10-21(14)2)17-8-11-5-6-12(22-3)13(7-11)23-4/h5-7,10H,8-9H2,1-4H3,(H2,16,17,18). The maximum Gasteiger partial charge on any atom is 0.191 e.